The summed E-state index contributed by atoms with van der Waals surface area (Å²) in [6.45, 7) is 1.51. The van der Waals surface area contributed by atoms with Crippen molar-refractivity contribution in [1.82, 2.24) is 15.1 Å². The summed E-state index contributed by atoms with van der Waals surface area (Å²) in [7, 11) is -3.65. The third kappa shape index (κ3) is 2.91. The Bertz CT molecular complexity index is 848. The largest absolute Gasteiger partial charge is 0.348 e. The van der Waals surface area contributed by atoms with Crippen LogP contribution in [0.4, 0.5) is 0 Å². The normalized spacial score (nSPS) is 18.1. The van der Waals surface area contributed by atoms with Gasteiger partial charge in [-0.15, -0.1) is 0 Å². The van der Waals surface area contributed by atoms with Crippen molar-refractivity contribution in [3.63, 3.8) is 0 Å². The van der Waals surface area contributed by atoms with Gasteiger partial charge in [0.25, 0.3) is 15.7 Å². The Morgan fingerprint density at radius 3 is 2.68 bits per heavy atom. The van der Waals surface area contributed by atoms with Crippen molar-refractivity contribution in [3.8, 4) is 0 Å². The first-order chi connectivity index (χ1) is 10.3. The molecule has 120 valence electrons. The first-order valence-corrected chi connectivity index (χ1v) is 8.94. The highest BCUT2D eigenvalue weighted by Gasteiger charge is 2.26. The average Bonchev–Trinajstić information content (AvgIpc) is 3.04. The van der Waals surface area contributed by atoms with E-state index in [2.05, 4.69) is 15.1 Å². The molecule has 0 aliphatic heterocycles. The van der Waals surface area contributed by atoms with Crippen molar-refractivity contribution >= 4 is 21.2 Å². The maximum atomic E-state index is 12.1. The van der Waals surface area contributed by atoms with Gasteiger partial charge >= 0.3 is 0 Å². The Labute approximate surface area is 127 Å². The van der Waals surface area contributed by atoms with Crippen LogP contribution in [0.3, 0.4) is 0 Å². The van der Waals surface area contributed by atoms with Crippen LogP contribution in [0.25, 0.3) is 11.1 Å². The highest BCUT2D eigenvalue weighted by atomic mass is 32.2. The SMILES string of the molecule is C[C@H](OS(C)(=O)=O)c1nc2c(C3CCCC3)noc2c(=O)[nH]1. The van der Waals surface area contributed by atoms with Crippen molar-refractivity contribution in [2.45, 2.75) is 44.6 Å². The van der Waals surface area contributed by atoms with Gasteiger partial charge in [0.2, 0.25) is 5.58 Å². The predicted molar refractivity (Wildman–Crippen MR) is 78.0 cm³/mol. The molecular formula is C13H17N3O5S. The molecule has 0 unspecified atom stereocenters. The number of nitrogens with one attached hydrogen (secondary N) is 1. The lowest BCUT2D eigenvalue weighted by Crippen LogP contribution is -2.16. The third-order valence-electron chi connectivity index (χ3n) is 3.82. The molecule has 2 heterocycles. The Morgan fingerprint density at radius 2 is 2.05 bits per heavy atom. The van der Waals surface area contributed by atoms with Crippen molar-refractivity contribution in [3.05, 3.63) is 21.9 Å². The minimum atomic E-state index is -3.65. The number of nitrogens with zero attached hydrogens (tertiary/aromatic N) is 2. The van der Waals surface area contributed by atoms with Crippen LogP contribution in [0.5, 0.6) is 0 Å². The van der Waals surface area contributed by atoms with Gasteiger partial charge in [-0.25, -0.2) is 4.98 Å². The molecule has 2 aromatic rings. The first kappa shape index (κ1) is 15.2. The zero-order chi connectivity index (χ0) is 15.9. The second-order valence-corrected chi connectivity index (χ2v) is 7.22. The molecule has 1 aliphatic carbocycles. The number of aromatic nitrogens is 3. The molecule has 22 heavy (non-hydrogen) atoms. The van der Waals surface area contributed by atoms with Crippen LogP contribution in [-0.4, -0.2) is 29.8 Å². The molecule has 1 N–H and O–H groups in total. The van der Waals surface area contributed by atoms with Gasteiger partial charge in [-0.3, -0.25) is 8.98 Å². The molecule has 0 spiro atoms. The van der Waals surface area contributed by atoms with Gasteiger partial charge in [0.15, 0.2) is 0 Å². The molecule has 1 fully saturated rings. The van der Waals surface area contributed by atoms with E-state index < -0.39 is 21.8 Å². The van der Waals surface area contributed by atoms with E-state index >= 15 is 0 Å². The zero-order valence-electron chi connectivity index (χ0n) is 12.3. The van der Waals surface area contributed by atoms with Gasteiger partial charge in [0.05, 0.1) is 6.26 Å². The topological polar surface area (TPSA) is 115 Å². The Kier molecular flexibility index (Phi) is 3.77. The molecule has 0 bridgehead atoms. The van der Waals surface area contributed by atoms with Crippen molar-refractivity contribution in [1.29, 1.82) is 0 Å². The lowest BCUT2D eigenvalue weighted by molar-refractivity contribution is 0.226. The monoisotopic (exact) mass is 327 g/mol. The van der Waals surface area contributed by atoms with Gasteiger partial charge in [0, 0.05) is 5.92 Å². The summed E-state index contributed by atoms with van der Waals surface area (Å²) in [5.74, 6) is 0.375. The molecule has 2 aromatic heterocycles. The van der Waals surface area contributed by atoms with Crippen molar-refractivity contribution in [2.24, 2.45) is 0 Å². The van der Waals surface area contributed by atoms with Crippen LogP contribution < -0.4 is 5.56 Å². The lowest BCUT2D eigenvalue weighted by atomic mass is 10.0. The summed E-state index contributed by atoms with van der Waals surface area (Å²) in [6, 6.07) is 0. The Balaban J connectivity index is 2.06. The molecule has 8 nitrogen and oxygen atoms in total. The van der Waals surface area contributed by atoms with Gasteiger partial charge in [0.1, 0.15) is 23.1 Å². The first-order valence-electron chi connectivity index (χ1n) is 7.13. The highest BCUT2D eigenvalue weighted by Crippen LogP contribution is 2.36. The standard InChI is InChI=1S/C13H17N3O5S/c1-7(21-22(2,18)19)12-14-10-9(8-5-3-4-6-8)16-20-11(10)13(17)15-12/h7-8H,3-6H2,1-2H3,(H,14,15,17)/t7-/m0/s1. The maximum Gasteiger partial charge on any atom is 0.297 e. The van der Waals surface area contributed by atoms with E-state index in [1.165, 1.54) is 6.92 Å². The van der Waals surface area contributed by atoms with Crippen LogP contribution in [0.1, 0.15) is 56.1 Å². The van der Waals surface area contributed by atoms with Crippen LogP contribution >= 0.6 is 0 Å². The lowest BCUT2D eigenvalue weighted by Gasteiger charge is -2.10. The van der Waals surface area contributed by atoms with Crippen molar-refractivity contribution < 1.29 is 17.1 Å². The van der Waals surface area contributed by atoms with Gasteiger partial charge < -0.3 is 9.51 Å². The third-order valence-corrected chi connectivity index (χ3v) is 4.46. The Hall–Kier alpha value is -1.74. The van der Waals surface area contributed by atoms with Gasteiger partial charge in [-0.1, -0.05) is 18.0 Å². The fourth-order valence-electron chi connectivity index (χ4n) is 2.84. The number of fused-ring (bicyclic) bond motifs is 1. The molecular weight excluding hydrogens is 310 g/mol. The van der Waals surface area contributed by atoms with E-state index in [9.17, 15) is 13.2 Å². The quantitative estimate of drug-likeness (QED) is 0.848. The smallest absolute Gasteiger partial charge is 0.297 e. The molecule has 1 atom stereocenters. The molecule has 0 aromatic carbocycles. The van der Waals surface area contributed by atoms with E-state index in [0.717, 1.165) is 31.9 Å². The minimum Gasteiger partial charge on any atom is -0.348 e. The number of aromatic amines is 1. The summed E-state index contributed by atoms with van der Waals surface area (Å²) in [4.78, 5) is 18.9. The van der Waals surface area contributed by atoms with Gasteiger partial charge in [-0.2, -0.15) is 8.42 Å². The Morgan fingerprint density at radius 1 is 1.36 bits per heavy atom. The predicted octanol–water partition coefficient (Wildman–Crippen LogP) is 1.61. The molecule has 3 rings (SSSR count). The summed E-state index contributed by atoms with van der Waals surface area (Å²) >= 11 is 0. The molecule has 1 saturated carbocycles. The second-order valence-electron chi connectivity index (χ2n) is 5.62. The van der Waals surface area contributed by atoms with Crippen LogP contribution in [0.2, 0.25) is 0 Å². The maximum absolute atomic E-state index is 12.1. The fraction of sp³-hybridized carbons (Fsp3) is 0.615. The number of hydrogen-bond acceptors (Lipinski definition) is 7. The number of hydrogen-bond donors (Lipinski definition) is 1. The van der Waals surface area contributed by atoms with E-state index in [-0.39, 0.29) is 17.3 Å². The summed E-state index contributed by atoms with van der Waals surface area (Å²) in [6.07, 6.45) is 4.26. The second kappa shape index (κ2) is 5.47. The van der Waals surface area contributed by atoms with E-state index in [1.54, 1.807) is 0 Å². The molecule has 0 amide bonds. The summed E-state index contributed by atoms with van der Waals surface area (Å²) in [5.41, 5.74) is 0.652. The minimum absolute atomic E-state index is 0.0669. The molecule has 0 radical (unpaired) electrons. The fourth-order valence-corrected chi connectivity index (χ4v) is 3.46. The molecule has 9 heteroatoms. The van der Waals surface area contributed by atoms with E-state index in [4.69, 9.17) is 8.71 Å². The average molecular weight is 327 g/mol. The molecule has 0 saturated heterocycles. The van der Waals surface area contributed by atoms with Crippen molar-refractivity contribution in [2.75, 3.05) is 6.26 Å². The number of H-pyrrole nitrogens is 1. The van der Waals surface area contributed by atoms with E-state index in [0.29, 0.717) is 11.2 Å². The zero-order valence-corrected chi connectivity index (χ0v) is 13.1. The highest BCUT2D eigenvalue weighted by molar-refractivity contribution is 7.86. The summed E-state index contributed by atoms with van der Waals surface area (Å²) in [5, 5.41) is 4.00. The number of rotatable bonds is 4. The molecule has 1 aliphatic rings. The van der Waals surface area contributed by atoms with Gasteiger partial charge in [-0.05, 0) is 19.8 Å². The van der Waals surface area contributed by atoms with Crippen LogP contribution in [-0.2, 0) is 14.3 Å². The van der Waals surface area contributed by atoms with Crippen LogP contribution in [0, 0.1) is 0 Å². The summed E-state index contributed by atoms with van der Waals surface area (Å²) < 4.78 is 32.4. The van der Waals surface area contributed by atoms with E-state index in [1.807, 2.05) is 0 Å². The van der Waals surface area contributed by atoms with Crippen LogP contribution in [0.15, 0.2) is 9.32 Å².